The van der Waals surface area contributed by atoms with Gasteiger partial charge in [0.05, 0.1) is 5.39 Å². The molecule has 2 atom stereocenters. The fraction of sp³-hybridized carbons (Fsp3) is 0.438. The average Bonchev–Trinajstić information content (AvgIpc) is 2.55. The van der Waals surface area contributed by atoms with Crippen LogP contribution in [0.4, 0.5) is 0 Å². The number of H-pyrrole nitrogens is 1. The van der Waals surface area contributed by atoms with Crippen LogP contribution in [0.15, 0.2) is 29.1 Å². The van der Waals surface area contributed by atoms with Crippen molar-refractivity contribution in [3.8, 4) is 0 Å². The maximum atomic E-state index is 12.9. The van der Waals surface area contributed by atoms with E-state index in [4.69, 9.17) is 5.73 Å². The van der Waals surface area contributed by atoms with Crippen molar-refractivity contribution in [3.63, 3.8) is 0 Å². The first-order valence-corrected chi connectivity index (χ1v) is 7.63. The van der Waals surface area contributed by atoms with Crippen molar-refractivity contribution < 1.29 is 4.79 Å². The third kappa shape index (κ3) is 2.50. The molecule has 2 heterocycles. The minimum absolute atomic E-state index is 0.0220. The van der Waals surface area contributed by atoms with E-state index in [0.717, 1.165) is 19.3 Å². The molecule has 1 saturated heterocycles. The van der Waals surface area contributed by atoms with Crippen molar-refractivity contribution in [1.82, 2.24) is 15.1 Å². The normalized spacial score (nSPS) is 20.1. The van der Waals surface area contributed by atoms with Gasteiger partial charge in [-0.3, -0.25) is 9.59 Å². The monoisotopic (exact) mass is 300 g/mol. The quantitative estimate of drug-likeness (QED) is 0.873. The second kappa shape index (κ2) is 5.88. The summed E-state index contributed by atoms with van der Waals surface area (Å²) >= 11 is 0. The van der Waals surface area contributed by atoms with Crippen LogP contribution in [0.1, 0.15) is 36.7 Å². The van der Waals surface area contributed by atoms with Crippen LogP contribution in [0, 0.1) is 0 Å². The summed E-state index contributed by atoms with van der Waals surface area (Å²) in [5.41, 5.74) is 6.05. The molecule has 1 aliphatic heterocycles. The number of carbonyl (C=O) groups is 1. The van der Waals surface area contributed by atoms with Gasteiger partial charge in [0.2, 0.25) is 0 Å². The topological polar surface area (TPSA) is 92.1 Å². The number of aromatic nitrogens is 2. The van der Waals surface area contributed by atoms with Gasteiger partial charge in [0, 0.05) is 24.0 Å². The number of nitrogens with two attached hydrogens (primary N) is 1. The van der Waals surface area contributed by atoms with Crippen LogP contribution in [0.3, 0.4) is 0 Å². The lowest BCUT2D eigenvalue weighted by atomic mass is 9.96. The van der Waals surface area contributed by atoms with Gasteiger partial charge >= 0.3 is 0 Å². The number of hydrogen-bond donors (Lipinski definition) is 2. The molecular formula is C16H20N4O2. The first-order chi connectivity index (χ1) is 10.6. The smallest absolute Gasteiger partial charge is 0.275 e. The van der Waals surface area contributed by atoms with E-state index in [9.17, 15) is 9.59 Å². The number of fused-ring (bicyclic) bond motifs is 1. The Morgan fingerprint density at radius 2 is 2.09 bits per heavy atom. The molecule has 6 nitrogen and oxygen atoms in total. The molecule has 0 radical (unpaired) electrons. The molecule has 3 N–H and O–H groups in total. The maximum Gasteiger partial charge on any atom is 0.275 e. The van der Waals surface area contributed by atoms with E-state index >= 15 is 0 Å². The fourth-order valence-corrected chi connectivity index (χ4v) is 3.17. The van der Waals surface area contributed by atoms with Crippen molar-refractivity contribution in [1.29, 1.82) is 0 Å². The van der Waals surface area contributed by atoms with Crippen molar-refractivity contribution >= 4 is 16.7 Å². The Hall–Kier alpha value is -2.21. The molecule has 1 fully saturated rings. The molecular weight excluding hydrogens is 280 g/mol. The lowest BCUT2D eigenvalue weighted by molar-refractivity contribution is 0.0579. The molecule has 116 valence electrons. The molecule has 6 heteroatoms. The van der Waals surface area contributed by atoms with Gasteiger partial charge in [-0.15, -0.1) is 0 Å². The van der Waals surface area contributed by atoms with Crippen LogP contribution in [-0.2, 0) is 0 Å². The van der Waals surface area contributed by atoms with Crippen molar-refractivity contribution in [3.05, 3.63) is 40.3 Å². The van der Waals surface area contributed by atoms with Crippen molar-refractivity contribution in [2.45, 2.75) is 38.3 Å². The summed E-state index contributed by atoms with van der Waals surface area (Å²) in [4.78, 5) is 26.6. The zero-order chi connectivity index (χ0) is 15.7. The van der Waals surface area contributed by atoms with Crippen LogP contribution in [0.2, 0.25) is 0 Å². The first-order valence-electron chi connectivity index (χ1n) is 7.63. The predicted molar refractivity (Wildman–Crippen MR) is 84.7 cm³/mol. The molecule has 1 aromatic carbocycles. The lowest BCUT2D eigenvalue weighted by Gasteiger charge is -2.37. The Labute approximate surface area is 128 Å². The van der Waals surface area contributed by atoms with Gasteiger partial charge in [-0.05, 0) is 32.3 Å². The van der Waals surface area contributed by atoms with Crippen LogP contribution in [0.25, 0.3) is 10.8 Å². The van der Waals surface area contributed by atoms with Crippen LogP contribution in [0.5, 0.6) is 0 Å². The average molecular weight is 300 g/mol. The summed E-state index contributed by atoms with van der Waals surface area (Å²) in [6.07, 6.45) is 2.96. The number of nitrogens with one attached hydrogen (secondary N) is 1. The Morgan fingerprint density at radius 3 is 2.82 bits per heavy atom. The summed E-state index contributed by atoms with van der Waals surface area (Å²) in [5, 5.41) is 7.50. The van der Waals surface area contributed by atoms with Gasteiger partial charge < -0.3 is 10.6 Å². The summed E-state index contributed by atoms with van der Waals surface area (Å²) < 4.78 is 0. The molecule has 0 saturated carbocycles. The Bertz CT molecular complexity index is 753. The number of piperidine rings is 1. The molecule has 0 spiro atoms. The summed E-state index contributed by atoms with van der Waals surface area (Å²) in [6, 6.07) is 6.98. The van der Waals surface area contributed by atoms with Crippen molar-refractivity contribution in [2.24, 2.45) is 5.73 Å². The van der Waals surface area contributed by atoms with E-state index < -0.39 is 0 Å². The third-order valence-corrected chi connectivity index (χ3v) is 4.32. The number of carbonyl (C=O) groups excluding carboxylic acids is 1. The predicted octanol–water partition coefficient (Wildman–Crippen LogP) is 1.26. The van der Waals surface area contributed by atoms with E-state index in [1.807, 2.05) is 6.92 Å². The Balaban J connectivity index is 2.05. The van der Waals surface area contributed by atoms with Crippen LogP contribution < -0.4 is 11.3 Å². The first kappa shape index (κ1) is 14.7. The Morgan fingerprint density at radius 1 is 1.36 bits per heavy atom. The van der Waals surface area contributed by atoms with E-state index in [-0.39, 0.29) is 23.6 Å². The summed E-state index contributed by atoms with van der Waals surface area (Å²) in [7, 11) is 0. The molecule has 1 amide bonds. The molecule has 1 aromatic heterocycles. The van der Waals surface area contributed by atoms with Gasteiger partial charge in [0.25, 0.3) is 11.5 Å². The zero-order valence-electron chi connectivity index (χ0n) is 12.6. The highest BCUT2D eigenvalue weighted by molar-refractivity contribution is 6.04. The molecule has 3 rings (SSSR count). The number of benzene rings is 1. The van der Waals surface area contributed by atoms with E-state index in [1.54, 1.807) is 29.2 Å². The highest BCUT2D eigenvalue weighted by Gasteiger charge is 2.31. The second-order valence-corrected chi connectivity index (χ2v) is 5.87. The largest absolute Gasteiger partial charge is 0.333 e. The van der Waals surface area contributed by atoms with Crippen LogP contribution in [-0.4, -0.2) is 39.6 Å². The molecule has 22 heavy (non-hydrogen) atoms. The fourth-order valence-electron chi connectivity index (χ4n) is 3.17. The Kier molecular flexibility index (Phi) is 3.94. The second-order valence-electron chi connectivity index (χ2n) is 5.87. The maximum absolute atomic E-state index is 12.9. The van der Waals surface area contributed by atoms with Crippen LogP contribution >= 0.6 is 0 Å². The number of rotatable bonds is 2. The number of amides is 1. The zero-order valence-corrected chi connectivity index (χ0v) is 12.6. The van der Waals surface area contributed by atoms with E-state index in [1.165, 1.54) is 0 Å². The van der Waals surface area contributed by atoms with Gasteiger partial charge in [0.1, 0.15) is 0 Å². The van der Waals surface area contributed by atoms with Gasteiger partial charge in [-0.1, -0.05) is 18.2 Å². The highest BCUT2D eigenvalue weighted by atomic mass is 16.2. The molecule has 2 unspecified atom stereocenters. The van der Waals surface area contributed by atoms with Gasteiger partial charge in [0.15, 0.2) is 5.69 Å². The number of hydrogen-bond acceptors (Lipinski definition) is 4. The van der Waals surface area contributed by atoms with Gasteiger partial charge in [-0.2, -0.15) is 5.10 Å². The molecule has 2 aromatic rings. The van der Waals surface area contributed by atoms with E-state index in [2.05, 4.69) is 10.2 Å². The van der Waals surface area contributed by atoms with E-state index in [0.29, 0.717) is 23.0 Å². The highest BCUT2D eigenvalue weighted by Crippen LogP contribution is 2.23. The summed E-state index contributed by atoms with van der Waals surface area (Å²) in [5.74, 6) is -0.158. The number of nitrogens with zero attached hydrogens (tertiary/aromatic N) is 2. The lowest BCUT2D eigenvalue weighted by Crippen LogP contribution is -2.52. The molecule has 0 aliphatic carbocycles. The minimum Gasteiger partial charge on any atom is -0.333 e. The van der Waals surface area contributed by atoms with Gasteiger partial charge in [-0.25, -0.2) is 5.10 Å². The molecule has 0 bridgehead atoms. The summed E-state index contributed by atoms with van der Waals surface area (Å²) in [6.45, 7) is 2.61. The standard InChI is InChI=1S/C16H20N4O2/c1-10(17)13-8-4-5-9-20(13)16(22)14-11-6-2-3-7-12(11)15(21)19-18-14/h2-3,6-7,10,13H,4-5,8-9,17H2,1H3,(H,19,21). The minimum atomic E-state index is -0.283. The number of likely N-dealkylation sites (tertiary alicyclic amines) is 1. The third-order valence-electron chi connectivity index (χ3n) is 4.32. The van der Waals surface area contributed by atoms with Crippen molar-refractivity contribution in [2.75, 3.05) is 6.54 Å². The SMILES string of the molecule is CC(N)C1CCCCN1C(=O)c1n[nH]c(=O)c2ccccc12. The number of aromatic amines is 1. The molecule has 1 aliphatic rings.